The van der Waals surface area contributed by atoms with Crippen molar-refractivity contribution in [2.75, 3.05) is 24.5 Å². The third-order valence-corrected chi connectivity index (χ3v) is 18.3. The lowest BCUT2D eigenvalue weighted by atomic mass is 10.1. The van der Waals surface area contributed by atoms with Crippen LogP contribution in [0.2, 0.25) is 25.1 Å². The molecule has 5 aromatic carbocycles. The molecule has 462 valence electrons. The van der Waals surface area contributed by atoms with Crippen LogP contribution in [0.1, 0.15) is 60.5 Å². The van der Waals surface area contributed by atoms with E-state index in [0.717, 1.165) is 40.5 Å². The number of nitrogens with two attached hydrogens (primary N) is 3. The molecule has 0 aliphatic carbocycles. The molecule has 0 bridgehead atoms. The normalized spacial score (nSPS) is 11.4. The Labute approximate surface area is 540 Å². The largest absolute Gasteiger partial charge is 0.377 e. The van der Waals surface area contributed by atoms with Gasteiger partial charge in [0.2, 0.25) is 0 Å². The van der Waals surface area contributed by atoms with E-state index >= 15 is 0 Å². The summed E-state index contributed by atoms with van der Waals surface area (Å²) in [6.07, 6.45) is 4.18. The average Bonchev–Trinajstić information content (AvgIpc) is 3.52. The highest BCUT2D eigenvalue weighted by Gasteiger charge is 2.20. The lowest BCUT2D eigenvalue weighted by Crippen LogP contribution is -2.18. The van der Waals surface area contributed by atoms with Crippen LogP contribution in [0.3, 0.4) is 0 Å². The molecule has 0 saturated heterocycles. The van der Waals surface area contributed by atoms with E-state index in [0.29, 0.717) is 33.3 Å². The van der Waals surface area contributed by atoms with Gasteiger partial charge in [-0.05, 0) is 135 Å². The number of nitrogen functional groups attached to an aromatic ring is 1. The molecule has 1 aromatic heterocycles. The Morgan fingerprint density at radius 3 is 1.24 bits per heavy atom. The first-order valence-corrected chi connectivity index (χ1v) is 36.9. The first-order chi connectivity index (χ1) is 38.0. The maximum Gasteiger partial charge on any atom is 0.353 e. The summed E-state index contributed by atoms with van der Waals surface area (Å²) in [7, 11) is -8.89. The predicted octanol–water partition coefficient (Wildman–Crippen LogP) is 11.5. The van der Waals surface area contributed by atoms with Crippen LogP contribution in [0.25, 0.3) is 10.4 Å². The van der Waals surface area contributed by atoms with Crippen molar-refractivity contribution in [3.05, 3.63) is 150 Å². The number of halogens is 8. The number of aryl methyl sites for hydroxylation is 1. The summed E-state index contributed by atoms with van der Waals surface area (Å²) in [6.45, 7) is 7.71. The van der Waals surface area contributed by atoms with Crippen LogP contribution in [0.4, 0.5) is 5.13 Å². The summed E-state index contributed by atoms with van der Waals surface area (Å²) in [6, 6.07) is 25.6. The molecule has 0 radical (unpaired) electrons. The summed E-state index contributed by atoms with van der Waals surface area (Å²) in [5, 5.41) is 1.78. The predicted molar refractivity (Wildman–Crippen MR) is 344 cm³/mol. The number of hydrogen-bond acceptors (Lipinski definition) is 18. The maximum atomic E-state index is 11.6. The van der Waals surface area contributed by atoms with Gasteiger partial charge in [0.05, 0.1) is 50.2 Å². The highest BCUT2D eigenvalue weighted by atomic mass is 79.9. The number of thiazole rings is 1. The molecule has 0 aliphatic rings. The third-order valence-electron chi connectivity index (χ3n) is 9.34. The van der Waals surface area contributed by atoms with E-state index in [1.54, 1.807) is 55.5 Å². The van der Waals surface area contributed by atoms with Gasteiger partial charge in [-0.3, -0.25) is 23.7 Å². The Morgan fingerprint density at radius 2 is 0.893 bits per heavy atom. The van der Waals surface area contributed by atoms with Crippen molar-refractivity contribution in [1.82, 2.24) is 4.98 Å². The summed E-state index contributed by atoms with van der Waals surface area (Å²) in [4.78, 5) is 48.1. The number of rotatable bonds is 13. The molecule has 1 unspecified atom stereocenters. The summed E-state index contributed by atoms with van der Waals surface area (Å²) in [5.74, 6) is 0.00103. The molecule has 0 fully saturated rings. The monoisotopic (exact) mass is 1500 g/mol. The van der Waals surface area contributed by atoms with E-state index in [-0.39, 0.29) is 80.8 Å². The quantitative estimate of drug-likeness (QED) is 0.0361. The topological polar surface area (TPSA) is 350 Å². The summed E-state index contributed by atoms with van der Waals surface area (Å²) < 4.78 is 116. The lowest BCUT2D eigenvalue weighted by Gasteiger charge is -2.09. The molecular formula is C50H54BrCl7N4O15S7. The van der Waals surface area contributed by atoms with Gasteiger partial charge in [0.1, 0.15) is 28.0 Å². The van der Waals surface area contributed by atoms with Crippen LogP contribution in [0, 0.1) is 6.92 Å². The second-order valence-electron chi connectivity index (χ2n) is 17.1. The van der Waals surface area contributed by atoms with Crippen LogP contribution in [0.15, 0.2) is 117 Å². The Morgan fingerprint density at radius 1 is 0.571 bits per heavy atom. The highest BCUT2D eigenvalue weighted by molar-refractivity contribution is 9.09. The molecule has 0 saturated carbocycles. The number of carbonyl (C=O) groups excluding carboxylic acids is 4. The number of ketones is 4. The van der Waals surface area contributed by atoms with Gasteiger partial charge in [-0.25, -0.2) is 38.7 Å². The summed E-state index contributed by atoms with van der Waals surface area (Å²) >= 11 is 37.4. The molecule has 1 heterocycles. The number of aromatic nitrogens is 1. The van der Waals surface area contributed by atoms with Gasteiger partial charge < -0.3 is 17.2 Å². The summed E-state index contributed by atoms with van der Waals surface area (Å²) in [5.41, 5.74) is 19.2. The Bertz CT molecular complexity index is 3830. The maximum absolute atomic E-state index is 11.6. The molecule has 7 N–H and O–H groups in total. The number of thiocarbonyl (C=S) groups is 1. The van der Waals surface area contributed by atoms with Crippen molar-refractivity contribution in [3.63, 3.8) is 0 Å². The second-order valence-corrected chi connectivity index (χ2v) is 32.1. The van der Waals surface area contributed by atoms with Gasteiger partial charge in [0.15, 0.2) is 39.8 Å². The zero-order valence-electron chi connectivity index (χ0n) is 45.2. The second kappa shape index (κ2) is 35.8. The SMILES string of the molecule is CC(=O)C(Br)c1ccc(Cl)c(S(C)(=O)=O)c1.CC(=O)Cc1ccc(Cl)c(S(=O)(=O)Cl)c1.CC(=O)Cc1ccc(Cl)c(S(C)(=O)=O)c1.CC(=O)Cc1ccc(Cl)cc1.Cc1nc(N)sc1-c1ccc(Cl)c(S(C)(=O)=O)c1.NC(N)=S.O=S(=O)(O)Cl. The van der Waals surface area contributed by atoms with E-state index in [9.17, 15) is 52.8 Å². The highest BCUT2D eigenvalue weighted by Crippen LogP contribution is 2.35. The van der Waals surface area contributed by atoms with E-state index in [1.807, 2.05) is 19.1 Å². The van der Waals surface area contributed by atoms with Crippen LogP contribution in [-0.4, -0.2) is 98.6 Å². The van der Waals surface area contributed by atoms with Crippen molar-refractivity contribution in [1.29, 1.82) is 0 Å². The molecule has 34 heteroatoms. The van der Waals surface area contributed by atoms with E-state index in [2.05, 4.69) is 55.3 Å². The number of alkyl halides is 1. The lowest BCUT2D eigenvalue weighted by molar-refractivity contribution is -0.117. The van der Waals surface area contributed by atoms with E-state index < -0.39 is 52.7 Å². The van der Waals surface area contributed by atoms with Crippen molar-refractivity contribution in [2.45, 2.75) is 78.3 Å². The van der Waals surface area contributed by atoms with Gasteiger partial charge in [-0.1, -0.05) is 122 Å². The first kappa shape index (κ1) is 80.1. The van der Waals surface area contributed by atoms with Crippen LogP contribution >= 0.6 is 119 Å². The molecular weight excluding hydrogens is 1450 g/mol. The molecule has 1 atom stereocenters. The average molecular weight is 1500 g/mol. The van der Waals surface area contributed by atoms with Crippen molar-refractivity contribution in [3.8, 4) is 10.4 Å². The molecule has 6 aromatic rings. The zero-order valence-corrected chi connectivity index (χ0v) is 57.8. The third kappa shape index (κ3) is 33.3. The zero-order chi connectivity index (χ0) is 65.6. The fourth-order valence-electron chi connectivity index (χ4n) is 6.06. The van der Waals surface area contributed by atoms with Crippen molar-refractivity contribution in [2.24, 2.45) is 11.5 Å². The number of sulfone groups is 3. The van der Waals surface area contributed by atoms with Crippen molar-refractivity contribution < 1.29 is 65.8 Å². The van der Waals surface area contributed by atoms with Gasteiger partial charge in [-0.2, -0.15) is 8.42 Å². The van der Waals surface area contributed by atoms with Crippen LogP contribution < -0.4 is 17.2 Å². The van der Waals surface area contributed by atoms with Gasteiger partial charge >= 0.3 is 9.33 Å². The van der Waals surface area contributed by atoms with Crippen molar-refractivity contribution >= 4 is 200 Å². The fourth-order valence-corrected chi connectivity index (χ4v) is 12.8. The molecule has 0 spiro atoms. The number of carbonyl (C=O) groups is 4. The minimum atomic E-state index is -4.19. The molecule has 6 rings (SSSR count). The minimum Gasteiger partial charge on any atom is -0.377 e. The smallest absolute Gasteiger partial charge is 0.353 e. The van der Waals surface area contributed by atoms with E-state index in [1.165, 1.54) is 68.5 Å². The number of benzene rings is 5. The molecule has 19 nitrogen and oxygen atoms in total. The molecule has 0 aliphatic heterocycles. The van der Waals surface area contributed by atoms with Crippen LogP contribution in [0.5, 0.6) is 0 Å². The Balaban J connectivity index is 0.000000993. The Kier molecular flexibility index (Phi) is 34.2. The fraction of sp³-hybridized carbons (Fsp3) is 0.240. The molecule has 84 heavy (non-hydrogen) atoms. The van der Waals surface area contributed by atoms with Gasteiger partial charge in [0, 0.05) is 64.4 Å². The number of anilines is 1. The minimum absolute atomic E-state index is 0.000000000000000222. The number of hydrogen-bond donors (Lipinski definition) is 4. The van der Waals surface area contributed by atoms with E-state index in [4.69, 9.17) is 87.4 Å². The number of nitrogens with zero attached hydrogens (tertiary/aromatic N) is 1. The van der Waals surface area contributed by atoms with Gasteiger partial charge in [0.25, 0.3) is 9.05 Å². The van der Waals surface area contributed by atoms with Crippen LogP contribution in [-0.2, 0) is 86.3 Å². The standard InChI is InChI=1S/C11H11ClN2O2S2.C10H10BrClO3S.C10H11ClO3S.C9H8Cl2O3S.C9H9ClO.CH4N2S.ClHO3S/c1-6-10(17-11(13)14-6)7-3-4-8(12)9(5-7)18(2,15)16;1-6(13)10(11)7-3-4-8(12)9(5-7)16(2,14)15;1-7(12)5-8-3-4-9(11)10(6-8)15(2,13)14;1-6(12)4-7-2-3-8(10)9(5-7)15(11,13)14;1-7(11)6-8-2-4-9(10)5-3-8;2-1(3)4;1-5(2,3)4/h3-5H,1-2H3,(H2,13,14);3-5,10H,1-2H3;3-4,6H,5H2,1-2H3;2-3,5H,4H2,1H3;2-5H,6H2,1H3;(H4,2,3,4);(H,2,3,4). The molecule has 0 amide bonds. The van der Waals surface area contributed by atoms with Gasteiger partial charge in [-0.15, -0.1) is 0 Å². The Hall–Kier alpha value is -3.88. The first-order valence-electron chi connectivity index (χ1n) is 22.6. The number of Topliss-reactive ketones (excluding diaryl/α,β-unsaturated/α-hetero) is 4.